The van der Waals surface area contributed by atoms with E-state index in [0.29, 0.717) is 12.1 Å². The lowest BCUT2D eigenvalue weighted by Gasteiger charge is -2.37. The second kappa shape index (κ2) is 6.19. The zero-order chi connectivity index (χ0) is 13.0. The first-order valence-electron chi connectivity index (χ1n) is 7.16. The lowest BCUT2D eigenvalue weighted by Crippen LogP contribution is -2.42. The van der Waals surface area contributed by atoms with E-state index in [1.807, 2.05) is 12.3 Å². The van der Waals surface area contributed by atoms with Crippen molar-refractivity contribution in [1.82, 2.24) is 4.98 Å². The van der Waals surface area contributed by atoms with Crippen LogP contribution in [0.5, 0.6) is 0 Å². The van der Waals surface area contributed by atoms with Crippen LogP contribution in [0, 0.1) is 6.92 Å². The average molecular weight is 247 g/mol. The highest BCUT2D eigenvalue weighted by atomic mass is 15.2. The van der Waals surface area contributed by atoms with E-state index in [9.17, 15) is 0 Å². The number of nitrogens with zero attached hydrogens (tertiary/aromatic N) is 2. The van der Waals surface area contributed by atoms with Gasteiger partial charge in [0, 0.05) is 24.8 Å². The summed E-state index contributed by atoms with van der Waals surface area (Å²) in [6.45, 7) is 5.48. The second-order valence-corrected chi connectivity index (χ2v) is 5.41. The van der Waals surface area contributed by atoms with Crippen molar-refractivity contribution in [2.75, 3.05) is 11.4 Å². The molecule has 0 atom stereocenters. The third kappa shape index (κ3) is 3.02. The second-order valence-electron chi connectivity index (χ2n) is 5.41. The predicted octanol–water partition coefficient (Wildman–Crippen LogP) is 2.88. The van der Waals surface area contributed by atoms with Crippen LogP contribution in [0.3, 0.4) is 0 Å². The summed E-state index contributed by atoms with van der Waals surface area (Å²) in [5.41, 5.74) is 7.28. The molecule has 0 amide bonds. The van der Waals surface area contributed by atoms with Gasteiger partial charge in [-0.05, 0) is 50.7 Å². The van der Waals surface area contributed by atoms with Gasteiger partial charge in [-0.3, -0.25) is 0 Å². The Kier molecular flexibility index (Phi) is 4.59. The minimum Gasteiger partial charge on any atom is -0.353 e. The van der Waals surface area contributed by atoms with Crippen LogP contribution in [0.2, 0.25) is 0 Å². The molecule has 18 heavy (non-hydrogen) atoms. The molecule has 0 aliphatic heterocycles. The Labute approximate surface area is 110 Å². The number of nitrogens with two attached hydrogens (primary N) is 1. The maximum absolute atomic E-state index is 6.01. The molecule has 0 aromatic carbocycles. The fourth-order valence-electron chi connectivity index (χ4n) is 2.89. The molecule has 1 aliphatic carbocycles. The highest BCUT2D eigenvalue weighted by molar-refractivity contribution is 5.46. The van der Waals surface area contributed by atoms with Crippen molar-refractivity contribution in [1.29, 1.82) is 0 Å². The number of aromatic nitrogens is 1. The van der Waals surface area contributed by atoms with Crippen LogP contribution < -0.4 is 10.6 Å². The molecule has 2 rings (SSSR count). The van der Waals surface area contributed by atoms with Crippen LogP contribution >= 0.6 is 0 Å². The molecule has 100 valence electrons. The van der Waals surface area contributed by atoms with Crippen LogP contribution in [0.4, 0.5) is 5.82 Å². The Bertz CT molecular complexity index is 370. The van der Waals surface area contributed by atoms with Crippen LogP contribution in [-0.4, -0.2) is 23.6 Å². The summed E-state index contributed by atoms with van der Waals surface area (Å²) in [7, 11) is 0. The number of pyridine rings is 1. The molecule has 1 aromatic heterocycles. The molecule has 1 fully saturated rings. The average Bonchev–Trinajstić information content (AvgIpc) is 2.38. The van der Waals surface area contributed by atoms with Gasteiger partial charge in [0.05, 0.1) is 0 Å². The van der Waals surface area contributed by atoms with E-state index in [1.54, 1.807) is 0 Å². The van der Waals surface area contributed by atoms with Crippen molar-refractivity contribution >= 4 is 5.82 Å². The molecule has 0 bridgehead atoms. The van der Waals surface area contributed by atoms with E-state index in [-0.39, 0.29) is 0 Å². The quantitative estimate of drug-likeness (QED) is 0.889. The van der Waals surface area contributed by atoms with Gasteiger partial charge in [-0.1, -0.05) is 13.0 Å². The summed E-state index contributed by atoms with van der Waals surface area (Å²) in [6, 6.07) is 5.20. The van der Waals surface area contributed by atoms with Gasteiger partial charge in [0.15, 0.2) is 0 Å². The SMILES string of the molecule is CCCN(c1ncccc1C)C1CCC(N)CC1. The fourth-order valence-corrected chi connectivity index (χ4v) is 2.89. The molecule has 2 N–H and O–H groups in total. The van der Waals surface area contributed by atoms with Crippen molar-refractivity contribution in [3.63, 3.8) is 0 Å². The summed E-state index contributed by atoms with van der Waals surface area (Å²) < 4.78 is 0. The number of hydrogen-bond donors (Lipinski definition) is 1. The van der Waals surface area contributed by atoms with Gasteiger partial charge in [-0.25, -0.2) is 4.98 Å². The van der Waals surface area contributed by atoms with Crippen molar-refractivity contribution in [3.05, 3.63) is 23.9 Å². The number of anilines is 1. The lowest BCUT2D eigenvalue weighted by atomic mass is 9.90. The van der Waals surface area contributed by atoms with Crippen molar-refractivity contribution in [2.45, 2.75) is 58.0 Å². The molecule has 1 heterocycles. The van der Waals surface area contributed by atoms with Crippen LogP contribution in [-0.2, 0) is 0 Å². The van der Waals surface area contributed by atoms with Gasteiger partial charge in [0.2, 0.25) is 0 Å². The van der Waals surface area contributed by atoms with E-state index < -0.39 is 0 Å². The van der Waals surface area contributed by atoms with Gasteiger partial charge in [-0.15, -0.1) is 0 Å². The molecule has 0 unspecified atom stereocenters. The minimum atomic E-state index is 0.412. The summed E-state index contributed by atoms with van der Waals surface area (Å²) >= 11 is 0. The molecule has 1 saturated carbocycles. The molecule has 3 nitrogen and oxygen atoms in total. The summed E-state index contributed by atoms with van der Waals surface area (Å²) in [6.07, 6.45) is 7.78. The molecule has 0 spiro atoms. The smallest absolute Gasteiger partial charge is 0.131 e. The van der Waals surface area contributed by atoms with Crippen molar-refractivity contribution in [3.8, 4) is 0 Å². The van der Waals surface area contributed by atoms with Crippen molar-refractivity contribution in [2.24, 2.45) is 5.73 Å². The maximum Gasteiger partial charge on any atom is 0.131 e. The van der Waals surface area contributed by atoms with E-state index >= 15 is 0 Å². The Hall–Kier alpha value is -1.09. The van der Waals surface area contributed by atoms with E-state index in [0.717, 1.165) is 19.4 Å². The monoisotopic (exact) mass is 247 g/mol. The van der Waals surface area contributed by atoms with E-state index in [2.05, 4.69) is 29.8 Å². The summed E-state index contributed by atoms with van der Waals surface area (Å²) in [5.74, 6) is 1.17. The van der Waals surface area contributed by atoms with E-state index in [1.165, 1.54) is 30.6 Å². The minimum absolute atomic E-state index is 0.412. The molecule has 0 saturated heterocycles. The Morgan fingerprint density at radius 3 is 2.67 bits per heavy atom. The number of aryl methyl sites for hydroxylation is 1. The molecule has 1 aromatic rings. The van der Waals surface area contributed by atoms with Gasteiger partial charge in [-0.2, -0.15) is 0 Å². The largest absolute Gasteiger partial charge is 0.353 e. The fraction of sp³-hybridized carbons (Fsp3) is 0.667. The van der Waals surface area contributed by atoms with E-state index in [4.69, 9.17) is 5.73 Å². The number of rotatable bonds is 4. The highest BCUT2D eigenvalue weighted by Crippen LogP contribution is 2.27. The van der Waals surface area contributed by atoms with Gasteiger partial charge in [0.1, 0.15) is 5.82 Å². The van der Waals surface area contributed by atoms with Gasteiger partial charge < -0.3 is 10.6 Å². The van der Waals surface area contributed by atoms with Gasteiger partial charge in [0.25, 0.3) is 0 Å². The van der Waals surface area contributed by atoms with Crippen LogP contribution in [0.1, 0.15) is 44.6 Å². The van der Waals surface area contributed by atoms with Crippen LogP contribution in [0.25, 0.3) is 0 Å². The maximum atomic E-state index is 6.01. The zero-order valence-electron chi connectivity index (χ0n) is 11.6. The highest BCUT2D eigenvalue weighted by Gasteiger charge is 2.25. The first-order chi connectivity index (χ1) is 8.72. The topological polar surface area (TPSA) is 42.2 Å². The number of hydrogen-bond acceptors (Lipinski definition) is 3. The predicted molar refractivity (Wildman–Crippen MR) is 76.8 cm³/mol. The summed E-state index contributed by atoms with van der Waals surface area (Å²) in [4.78, 5) is 7.09. The standard InChI is InChI=1S/C15H25N3/c1-3-11-18(14-8-6-13(16)7-9-14)15-12(2)5-4-10-17-15/h4-5,10,13-14H,3,6-9,11,16H2,1-2H3. The van der Waals surface area contributed by atoms with Crippen LogP contribution in [0.15, 0.2) is 18.3 Å². The Balaban J connectivity index is 2.15. The normalized spacial score (nSPS) is 23.9. The first-order valence-corrected chi connectivity index (χ1v) is 7.16. The molecular weight excluding hydrogens is 222 g/mol. The third-order valence-electron chi connectivity index (χ3n) is 3.90. The Morgan fingerprint density at radius 1 is 1.33 bits per heavy atom. The van der Waals surface area contributed by atoms with Gasteiger partial charge >= 0.3 is 0 Å². The molecular formula is C15H25N3. The molecule has 1 aliphatic rings. The zero-order valence-corrected chi connectivity index (χ0v) is 11.6. The first kappa shape index (κ1) is 13.3. The molecule has 0 radical (unpaired) electrons. The molecule has 3 heteroatoms. The third-order valence-corrected chi connectivity index (χ3v) is 3.90. The summed E-state index contributed by atoms with van der Waals surface area (Å²) in [5, 5.41) is 0. The Morgan fingerprint density at radius 2 is 2.06 bits per heavy atom. The van der Waals surface area contributed by atoms with Crippen molar-refractivity contribution < 1.29 is 0 Å². The lowest BCUT2D eigenvalue weighted by molar-refractivity contribution is 0.373.